The molecule has 1 heterocycles. The molecule has 0 saturated carbocycles. The molecule has 4 rings (SSSR count). The van der Waals surface area contributed by atoms with Crippen LogP contribution in [0, 0.1) is 5.82 Å². The van der Waals surface area contributed by atoms with E-state index in [9.17, 15) is 14.3 Å². The van der Waals surface area contributed by atoms with Crippen molar-refractivity contribution in [2.24, 2.45) is 0 Å². The van der Waals surface area contributed by atoms with Crippen LogP contribution in [-0.2, 0) is 6.54 Å². The van der Waals surface area contributed by atoms with Crippen LogP contribution in [0.5, 0.6) is 0 Å². The maximum Gasteiger partial charge on any atom is 0.352 e. The van der Waals surface area contributed by atoms with E-state index in [0.29, 0.717) is 17.4 Å². The maximum absolute atomic E-state index is 14.0. The number of benzene rings is 3. The van der Waals surface area contributed by atoms with Gasteiger partial charge in [-0.3, -0.25) is 0 Å². The molecule has 0 aliphatic rings. The minimum atomic E-state index is -1.06. The van der Waals surface area contributed by atoms with Gasteiger partial charge in [0.2, 0.25) is 0 Å². The number of carbonyl (C=O) groups is 1. The van der Waals surface area contributed by atoms with Crippen molar-refractivity contribution in [2.75, 3.05) is 0 Å². The molecule has 4 aromatic rings. The molecule has 0 fully saturated rings. The first kappa shape index (κ1) is 14.5. The van der Waals surface area contributed by atoms with Crippen LogP contribution >= 0.6 is 0 Å². The van der Waals surface area contributed by atoms with E-state index in [0.717, 1.165) is 16.3 Å². The number of carboxylic acid groups (broad SMARTS) is 1. The number of hydrogen-bond acceptors (Lipinski definition) is 1. The number of aromatic carboxylic acids is 1. The molecule has 3 aromatic carbocycles. The third-order valence-electron chi connectivity index (χ3n) is 4.32. The number of halogens is 1. The lowest BCUT2D eigenvalue weighted by Crippen LogP contribution is -2.09. The predicted molar refractivity (Wildman–Crippen MR) is 91.9 cm³/mol. The molecule has 4 heteroatoms. The smallest absolute Gasteiger partial charge is 0.352 e. The SMILES string of the molecule is O=C(O)c1cc2c(F)cccc2n1Cc1cccc2ccccc12. The zero-order chi connectivity index (χ0) is 16.7. The molecule has 1 aromatic heterocycles. The van der Waals surface area contributed by atoms with Gasteiger partial charge in [0.1, 0.15) is 11.5 Å². The standard InChI is InChI=1S/C20H14FNO2/c21-17-9-4-10-18-16(17)11-19(20(23)24)22(18)12-14-7-3-6-13-5-1-2-8-15(13)14/h1-11H,12H2,(H,23,24). The van der Waals surface area contributed by atoms with E-state index >= 15 is 0 Å². The second-order valence-corrected chi connectivity index (χ2v) is 5.73. The molecule has 118 valence electrons. The van der Waals surface area contributed by atoms with Crippen LogP contribution in [0.25, 0.3) is 21.7 Å². The minimum Gasteiger partial charge on any atom is -0.477 e. The number of aromatic nitrogens is 1. The second-order valence-electron chi connectivity index (χ2n) is 5.73. The van der Waals surface area contributed by atoms with Gasteiger partial charge in [-0.05, 0) is 34.5 Å². The lowest BCUT2D eigenvalue weighted by atomic mass is 10.0. The van der Waals surface area contributed by atoms with E-state index in [1.807, 2.05) is 42.5 Å². The summed E-state index contributed by atoms with van der Waals surface area (Å²) in [5, 5.41) is 12.0. The Morgan fingerprint density at radius 3 is 2.54 bits per heavy atom. The number of nitrogens with zero attached hydrogens (tertiary/aromatic N) is 1. The molecule has 24 heavy (non-hydrogen) atoms. The van der Waals surface area contributed by atoms with Crippen LogP contribution in [0.2, 0.25) is 0 Å². The normalized spacial score (nSPS) is 11.2. The van der Waals surface area contributed by atoms with Gasteiger partial charge in [-0.15, -0.1) is 0 Å². The zero-order valence-electron chi connectivity index (χ0n) is 12.7. The Balaban J connectivity index is 1.94. The van der Waals surface area contributed by atoms with Crippen molar-refractivity contribution in [1.29, 1.82) is 0 Å². The molecule has 0 spiro atoms. The van der Waals surface area contributed by atoms with Gasteiger partial charge in [0, 0.05) is 11.9 Å². The third-order valence-corrected chi connectivity index (χ3v) is 4.32. The molecule has 0 saturated heterocycles. The van der Waals surface area contributed by atoms with Crippen LogP contribution in [0.1, 0.15) is 16.1 Å². The summed E-state index contributed by atoms with van der Waals surface area (Å²) in [5.74, 6) is -1.47. The third kappa shape index (κ3) is 2.24. The van der Waals surface area contributed by atoms with Gasteiger partial charge >= 0.3 is 5.97 Å². The molecule has 0 bridgehead atoms. The first-order chi connectivity index (χ1) is 11.6. The lowest BCUT2D eigenvalue weighted by molar-refractivity contribution is 0.0686. The Labute approximate surface area is 137 Å². The molecule has 0 aliphatic heterocycles. The van der Waals surface area contributed by atoms with E-state index in [1.54, 1.807) is 16.7 Å². The summed E-state index contributed by atoms with van der Waals surface area (Å²) in [6.45, 7) is 0.371. The van der Waals surface area contributed by atoms with Crippen molar-refractivity contribution in [3.8, 4) is 0 Å². The quantitative estimate of drug-likeness (QED) is 0.596. The number of carboxylic acids is 1. The van der Waals surface area contributed by atoms with E-state index in [2.05, 4.69) is 0 Å². The molecule has 0 atom stereocenters. The molecule has 0 unspecified atom stereocenters. The maximum atomic E-state index is 14.0. The van der Waals surface area contributed by atoms with E-state index in [1.165, 1.54) is 12.1 Å². The van der Waals surface area contributed by atoms with Crippen LogP contribution in [0.4, 0.5) is 4.39 Å². The van der Waals surface area contributed by atoms with E-state index in [4.69, 9.17) is 0 Å². The van der Waals surface area contributed by atoms with E-state index < -0.39 is 11.8 Å². The summed E-state index contributed by atoms with van der Waals surface area (Å²) in [6.07, 6.45) is 0. The first-order valence-electron chi connectivity index (χ1n) is 7.63. The summed E-state index contributed by atoms with van der Waals surface area (Å²) in [5.41, 5.74) is 1.67. The second kappa shape index (κ2) is 5.49. The monoisotopic (exact) mass is 319 g/mol. The van der Waals surface area contributed by atoms with Crippen LogP contribution in [-0.4, -0.2) is 15.6 Å². The Hall–Kier alpha value is -3.14. The van der Waals surface area contributed by atoms with Crippen molar-refractivity contribution in [2.45, 2.75) is 6.54 Å². The fraction of sp³-hybridized carbons (Fsp3) is 0.0500. The largest absolute Gasteiger partial charge is 0.477 e. The van der Waals surface area contributed by atoms with Gasteiger partial charge in [-0.2, -0.15) is 0 Å². The molecular weight excluding hydrogens is 305 g/mol. The molecule has 3 nitrogen and oxygen atoms in total. The number of hydrogen-bond donors (Lipinski definition) is 1. The fourth-order valence-corrected chi connectivity index (χ4v) is 3.20. The van der Waals surface area contributed by atoms with Crippen molar-refractivity contribution in [3.05, 3.63) is 83.8 Å². The molecule has 0 radical (unpaired) electrons. The van der Waals surface area contributed by atoms with Crippen molar-refractivity contribution < 1.29 is 14.3 Å². The summed E-state index contributed by atoms with van der Waals surface area (Å²) >= 11 is 0. The Bertz CT molecular complexity index is 1080. The summed E-state index contributed by atoms with van der Waals surface area (Å²) < 4.78 is 15.7. The van der Waals surface area contributed by atoms with Crippen molar-refractivity contribution >= 4 is 27.6 Å². The Morgan fingerprint density at radius 1 is 0.958 bits per heavy atom. The summed E-state index contributed by atoms with van der Waals surface area (Å²) in [6, 6.07) is 20.0. The molecule has 1 N–H and O–H groups in total. The van der Waals surface area contributed by atoms with Crippen molar-refractivity contribution in [3.63, 3.8) is 0 Å². The lowest BCUT2D eigenvalue weighted by Gasteiger charge is -2.11. The summed E-state index contributed by atoms with van der Waals surface area (Å²) in [7, 11) is 0. The van der Waals surface area contributed by atoms with Gasteiger partial charge in [0.05, 0.1) is 5.52 Å². The van der Waals surface area contributed by atoms with Crippen molar-refractivity contribution in [1.82, 2.24) is 4.57 Å². The molecular formula is C20H14FNO2. The van der Waals surface area contributed by atoms with Gasteiger partial charge in [0.15, 0.2) is 0 Å². The topological polar surface area (TPSA) is 42.2 Å². The average Bonchev–Trinajstić information content (AvgIpc) is 2.96. The number of rotatable bonds is 3. The van der Waals surface area contributed by atoms with Gasteiger partial charge in [-0.25, -0.2) is 9.18 Å². The predicted octanol–water partition coefficient (Wildman–Crippen LogP) is 4.68. The van der Waals surface area contributed by atoms with Gasteiger partial charge in [0.25, 0.3) is 0 Å². The zero-order valence-corrected chi connectivity index (χ0v) is 12.7. The van der Waals surface area contributed by atoms with Gasteiger partial charge in [-0.1, -0.05) is 48.5 Å². The highest BCUT2D eigenvalue weighted by molar-refractivity contribution is 5.95. The average molecular weight is 319 g/mol. The Kier molecular flexibility index (Phi) is 3.31. The van der Waals surface area contributed by atoms with Crippen LogP contribution < -0.4 is 0 Å². The molecule has 0 amide bonds. The Morgan fingerprint density at radius 2 is 1.71 bits per heavy atom. The number of fused-ring (bicyclic) bond motifs is 2. The highest BCUT2D eigenvalue weighted by Gasteiger charge is 2.17. The fourth-order valence-electron chi connectivity index (χ4n) is 3.20. The van der Waals surface area contributed by atoms with Crippen LogP contribution in [0.15, 0.2) is 66.7 Å². The summed E-state index contributed by atoms with van der Waals surface area (Å²) in [4.78, 5) is 11.6. The minimum absolute atomic E-state index is 0.0861. The van der Waals surface area contributed by atoms with Crippen LogP contribution in [0.3, 0.4) is 0 Å². The highest BCUT2D eigenvalue weighted by Crippen LogP contribution is 2.26. The molecule has 0 aliphatic carbocycles. The first-order valence-corrected chi connectivity index (χ1v) is 7.63. The van der Waals surface area contributed by atoms with Gasteiger partial charge < -0.3 is 9.67 Å². The van der Waals surface area contributed by atoms with E-state index in [-0.39, 0.29) is 5.69 Å². The highest BCUT2D eigenvalue weighted by atomic mass is 19.1.